The van der Waals surface area contributed by atoms with Crippen LogP contribution in [0.15, 0.2) is 48.5 Å². The van der Waals surface area contributed by atoms with Crippen molar-refractivity contribution in [2.24, 2.45) is 0 Å². The third-order valence-corrected chi connectivity index (χ3v) is 4.62. The first-order valence-corrected chi connectivity index (χ1v) is 8.92. The molecule has 0 spiro atoms. The molecule has 126 valence electrons. The van der Waals surface area contributed by atoms with Crippen LogP contribution in [-0.2, 0) is 0 Å². The summed E-state index contributed by atoms with van der Waals surface area (Å²) in [7, 11) is 0. The molecule has 3 aromatic carbocycles. The molecule has 2 unspecified atom stereocenters. The molecule has 3 aromatic rings. The van der Waals surface area contributed by atoms with Crippen LogP contribution in [0.1, 0.15) is 40.5 Å². The molecule has 2 nitrogen and oxygen atoms in total. The fourth-order valence-electron chi connectivity index (χ4n) is 2.87. The van der Waals surface area contributed by atoms with Crippen molar-refractivity contribution in [3.8, 4) is 11.5 Å². The van der Waals surface area contributed by atoms with E-state index in [1.165, 1.54) is 0 Å². The molecule has 0 aromatic heterocycles. The van der Waals surface area contributed by atoms with Crippen molar-refractivity contribution in [3.63, 3.8) is 0 Å². The van der Waals surface area contributed by atoms with Crippen LogP contribution >= 0.6 is 0 Å². The molecule has 0 bridgehead atoms. The maximum Gasteiger partial charge on any atom is 0.135 e. The second-order valence-corrected chi connectivity index (χ2v) is 6.42. The highest BCUT2D eigenvalue weighted by atomic mass is 16.5. The molecule has 2 atom stereocenters. The van der Waals surface area contributed by atoms with Crippen LogP contribution in [0, 0.1) is 0 Å². The van der Waals surface area contributed by atoms with Crippen molar-refractivity contribution >= 4 is 21.5 Å². The van der Waals surface area contributed by atoms with Crippen LogP contribution in [0.25, 0.3) is 21.5 Å². The molecular formula is C22H26O2. The minimum absolute atomic E-state index is 0.179. The molecule has 2 heteroatoms. The van der Waals surface area contributed by atoms with Gasteiger partial charge in [0.2, 0.25) is 0 Å². The second kappa shape index (κ2) is 7.12. The van der Waals surface area contributed by atoms with E-state index in [0.717, 1.165) is 45.9 Å². The quantitative estimate of drug-likeness (QED) is 0.492. The highest BCUT2D eigenvalue weighted by Gasteiger charge is 2.18. The van der Waals surface area contributed by atoms with E-state index in [0.29, 0.717) is 0 Å². The van der Waals surface area contributed by atoms with Crippen LogP contribution in [0.5, 0.6) is 11.5 Å². The molecule has 0 saturated carbocycles. The summed E-state index contributed by atoms with van der Waals surface area (Å²) >= 11 is 0. The Balaban J connectivity index is 2.32. The van der Waals surface area contributed by atoms with Gasteiger partial charge in [0, 0.05) is 21.5 Å². The minimum atomic E-state index is 0.179. The maximum absolute atomic E-state index is 6.32. The monoisotopic (exact) mass is 322 g/mol. The summed E-state index contributed by atoms with van der Waals surface area (Å²) in [6.45, 7) is 8.53. The van der Waals surface area contributed by atoms with Gasteiger partial charge in [-0.2, -0.15) is 0 Å². The Kier molecular flexibility index (Phi) is 4.94. The summed E-state index contributed by atoms with van der Waals surface area (Å²) in [5, 5.41) is 4.48. The van der Waals surface area contributed by atoms with Gasteiger partial charge in [0.05, 0.1) is 12.2 Å². The van der Waals surface area contributed by atoms with Crippen LogP contribution in [0.4, 0.5) is 0 Å². The zero-order chi connectivity index (χ0) is 17.1. The number of benzene rings is 3. The highest BCUT2D eigenvalue weighted by Crippen LogP contribution is 2.43. The summed E-state index contributed by atoms with van der Waals surface area (Å²) in [6, 6.07) is 16.8. The lowest BCUT2D eigenvalue weighted by Crippen LogP contribution is -2.12. The van der Waals surface area contributed by atoms with Crippen LogP contribution in [-0.4, -0.2) is 12.2 Å². The van der Waals surface area contributed by atoms with E-state index >= 15 is 0 Å². The van der Waals surface area contributed by atoms with E-state index < -0.39 is 0 Å². The van der Waals surface area contributed by atoms with Crippen molar-refractivity contribution in [2.45, 2.75) is 52.7 Å². The van der Waals surface area contributed by atoms with Gasteiger partial charge in [-0.05, 0) is 26.7 Å². The first-order valence-electron chi connectivity index (χ1n) is 8.92. The fourth-order valence-corrected chi connectivity index (χ4v) is 2.87. The van der Waals surface area contributed by atoms with E-state index in [9.17, 15) is 0 Å². The van der Waals surface area contributed by atoms with Crippen LogP contribution < -0.4 is 9.47 Å². The SMILES string of the molecule is CCC(C)Oc1c2ccccc2c(OC(C)CC)c2ccccc12. The normalized spacial score (nSPS) is 13.8. The van der Waals surface area contributed by atoms with Crippen molar-refractivity contribution in [2.75, 3.05) is 0 Å². The van der Waals surface area contributed by atoms with Gasteiger partial charge in [0.1, 0.15) is 11.5 Å². The number of hydrogen-bond donors (Lipinski definition) is 0. The number of ether oxygens (including phenoxy) is 2. The number of fused-ring (bicyclic) bond motifs is 2. The Hall–Kier alpha value is -2.22. The summed E-state index contributed by atoms with van der Waals surface area (Å²) < 4.78 is 12.6. The van der Waals surface area contributed by atoms with E-state index in [1.807, 2.05) is 0 Å². The third-order valence-electron chi connectivity index (χ3n) is 4.62. The molecule has 0 aliphatic heterocycles. The first kappa shape index (κ1) is 16.6. The van der Waals surface area contributed by atoms with Gasteiger partial charge in [0.15, 0.2) is 0 Å². The van der Waals surface area contributed by atoms with Crippen LogP contribution in [0.2, 0.25) is 0 Å². The molecule has 0 amide bonds. The lowest BCUT2D eigenvalue weighted by Gasteiger charge is -2.22. The average Bonchev–Trinajstić information content (AvgIpc) is 2.63. The molecule has 0 heterocycles. The summed E-state index contributed by atoms with van der Waals surface area (Å²) in [5.74, 6) is 1.93. The van der Waals surface area contributed by atoms with Crippen LogP contribution in [0.3, 0.4) is 0 Å². The van der Waals surface area contributed by atoms with Gasteiger partial charge in [0.25, 0.3) is 0 Å². The van der Waals surface area contributed by atoms with E-state index in [4.69, 9.17) is 9.47 Å². The number of rotatable bonds is 6. The molecule has 0 aliphatic rings. The Labute approximate surface area is 144 Å². The Morgan fingerprint density at radius 3 is 1.17 bits per heavy atom. The molecule has 0 radical (unpaired) electrons. The summed E-state index contributed by atoms with van der Waals surface area (Å²) in [6.07, 6.45) is 2.32. The lowest BCUT2D eigenvalue weighted by molar-refractivity contribution is 0.219. The van der Waals surface area contributed by atoms with Crippen molar-refractivity contribution in [3.05, 3.63) is 48.5 Å². The number of hydrogen-bond acceptors (Lipinski definition) is 2. The summed E-state index contributed by atoms with van der Waals surface area (Å²) in [4.78, 5) is 0. The summed E-state index contributed by atoms with van der Waals surface area (Å²) in [5.41, 5.74) is 0. The van der Waals surface area contributed by atoms with Gasteiger partial charge in [-0.25, -0.2) is 0 Å². The lowest BCUT2D eigenvalue weighted by atomic mass is 10.00. The zero-order valence-corrected chi connectivity index (χ0v) is 15.0. The molecular weight excluding hydrogens is 296 g/mol. The van der Waals surface area contributed by atoms with E-state index in [-0.39, 0.29) is 12.2 Å². The van der Waals surface area contributed by atoms with Gasteiger partial charge in [-0.3, -0.25) is 0 Å². The minimum Gasteiger partial charge on any atom is -0.489 e. The Morgan fingerprint density at radius 1 is 0.625 bits per heavy atom. The predicted molar refractivity (Wildman–Crippen MR) is 102 cm³/mol. The average molecular weight is 322 g/mol. The molecule has 0 N–H and O–H groups in total. The van der Waals surface area contributed by atoms with E-state index in [1.54, 1.807) is 0 Å². The topological polar surface area (TPSA) is 18.5 Å². The van der Waals surface area contributed by atoms with Gasteiger partial charge in [-0.15, -0.1) is 0 Å². The van der Waals surface area contributed by atoms with Crippen molar-refractivity contribution in [1.82, 2.24) is 0 Å². The Bertz CT molecular complexity index is 711. The predicted octanol–water partition coefficient (Wildman–Crippen LogP) is 6.35. The highest BCUT2D eigenvalue weighted by molar-refractivity contribution is 6.11. The van der Waals surface area contributed by atoms with Gasteiger partial charge >= 0.3 is 0 Å². The van der Waals surface area contributed by atoms with Gasteiger partial charge < -0.3 is 9.47 Å². The zero-order valence-electron chi connectivity index (χ0n) is 15.0. The van der Waals surface area contributed by atoms with E-state index in [2.05, 4.69) is 76.2 Å². The fraction of sp³-hybridized carbons (Fsp3) is 0.364. The van der Waals surface area contributed by atoms with Crippen molar-refractivity contribution in [1.29, 1.82) is 0 Å². The third kappa shape index (κ3) is 3.06. The second-order valence-electron chi connectivity index (χ2n) is 6.42. The standard InChI is InChI=1S/C22H26O2/c1-5-15(3)23-21-17-11-7-9-13-19(17)22(24-16(4)6-2)20-14-10-8-12-18(20)21/h7-16H,5-6H2,1-4H3. The van der Waals surface area contributed by atoms with Crippen molar-refractivity contribution < 1.29 is 9.47 Å². The molecule has 0 fully saturated rings. The molecule has 0 saturated heterocycles. The maximum atomic E-state index is 6.32. The smallest absolute Gasteiger partial charge is 0.135 e. The first-order chi connectivity index (χ1) is 11.7. The Morgan fingerprint density at radius 2 is 0.917 bits per heavy atom. The largest absolute Gasteiger partial charge is 0.489 e. The molecule has 3 rings (SSSR count). The molecule has 24 heavy (non-hydrogen) atoms. The van der Waals surface area contributed by atoms with Gasteiger partial charge in [-0.1, -0.05) is 62.4 Å². The molecule has 0 aliphatic carbocycles.